The highest BCUT2D eigenvalue weighted by Crippen LogP contribution is 2.43. The van der Waals surface area contributed by atoms with Gasteiger partial charge in [-0.3, -0.25) is 14.7 Å². The lowest BCUT2D eigenvalue weighted by Gasteiger charge is -2.40. The predicted octanol–water partition coefficient (Wildman–Crippen LogP) is 3.80. The van der Waals surface area contributed by atoms with Gasteiger partial charge in [0, 0.05) is 30.9 Å². The molecule has 32 heavy (non-hydrogen) atoms. The average Bonchev–Trinajstić information content (AvgIpc) is 3.32. The summed E-state index contributed by atoms with van der Waals surface area (Å²) in [5.41, 5.74) is 8.81. The minimum absolute atomic E-state index is 0.0468. The molecule has 1 aromatic carbocycles. The maximum absolute atomic E-state index is 13.2. The van der Waals surface area contributed by atoms with Gasteiger partial charge in [-0.05, 0) is 60.2 Å². The Morgan fingerprint density at radius 3 is 2.88 bits per heavy atom. The smallest absolute Gasteiger partial charge is 0.235 e. The fourth-order valence-electron chi connectivity index (χ4n) is 3.96. The van der Waals surface area contributed by atoms with Gasteiger partial charge in [0.25, 0.3) is 0 Å². The van der Waals surface area contributed by atoms with Crippen molar-refractivity contribution in [1.82, 2.24) is 9.88 Å². The van der Waals surface area contributed by atoms with Gasteiger partial charge in [0.1, 0.15) is 5.54 Å². The Morgan fingerprint density at radius 1 is 1.28 bits per heavy atom. The fraction of sp³-hybridized carbons (Fsp3) is 0.250. The second-order valence-corrected chi connectivity index (χ2v) is 8.83. The van der Waals surface area contributed by atoms with Crippen molar-refractivity contribution in [1.29, 1.82) is 5.26 Å². The molecule has 0 spiro atoms. The lowest BCUT2D eigenvalue weighted by Crippen LogP contribution is -2.53. The second-order valence-electron chi connectivity index (χ2n) is 7.92. The van der Waals surface area contributed by atoms with E-state index in [9.17, 15) is 10.1 Å². The molecule has 1 amide bonds. The van der Waals surface area contributed by atoms with E-state index >= 15 is 0 Å². The Labute approximate surface area is 191 Å². The van der Waals surface area contributed by atoms with E-state index in [0.29, 0.717) is 18.5 Å². The van der Waals surface area contributed by atoms with Crippen LogP contribution in [0.15, 0.2) is 65.2 Å². The van der Waals surface area contributed by atoms with Crippen LogP contribution in [0, 0.1) is 17.2 Å². The van der Waals surface area contributed by atoms with Crippen LogP contribution in [0.2, 0.25) is 0 Å². The van der Waals surface area contributed by atoms with E-state index in [1.807, 2.05) is 42.6 Å². The first-order chi connectivity index (χ1) is 15.4. The minimum Gasteiger partial charge on any atom is -0.384 e. The van der Waals surface area contributed by atoms with Gasteiger partial charge in [0.2, 0.25) is 5.91 Å². The molecule has 0 fully saturated rings. The Morgan fingerprint density at radius 2 is 2.12 bits per heavy atom. The lowest BCUT2D eigenvalue weighted by atomic mass is 9.80. The maximum atomic E-state index is 13.2. The third-order valence-corrected chi connectivity index (χ3v) is 7.00. The zero-order valence-electron chi connectivity index (χ0n) is 17.9. The first kappa shape index (κ1) is 21.5. The van der Waals surface area contributed by atoms with Crippen molar-refractivity contribution < 1.29 is 4.79 Å². The SMILES string of the molecule is CN1C(=O)C(CCNc2cccnc2)[C@](C)(c2cc(-c3cccc(C#N)c3)cs2)N=C1N. The van der Waals surface area contributed by atoms with Gasteiger partial charge in [-0.1, -0.05) is 12.1 Å². The van der Waals surface area contributed by atoms with Crippen LogP contribution >= 0.6 is 11.3 Å². The Hall–Kier alpha value is -3.70. The highest BCUT2D eigenvalue weighted by molar-refractivity contribution is 7.10. The molecular formula is C24H24N6OS. The molecule has 4 rings (SSSR count). The molecule has 0 aliphatic carbocycles. The van der Waals surface area contributed by atoms with Crippen molar-refractivity contribution in [3.8, 4) is 17.2 Å². The number of benzene rings is 1. The van der Waals surface area contributed by atoms with E-state index in [2.05, 4.69) is 22.4 Å². The van der Waals surface area contributed by atoms with E-state index < -0.39 is 5.54 Å². The van der Waals surface area contributed by atoms with Crippen molar-refractivity contribution >= 4 is 28.9 Å². The topological polar surface area (TPSA) is 107 Å². The number of aromatic nitrogens is 1. The van der Waals surface area contributed by atoms with E-state index in [0.717, 1.165) is 21.7 Å². The largest absolute Gasteiger partial charge is 0.384 e. The molecule has 3 N–H and O–H groups in total. The summed E-state index contributed by atoms with van der Waals surface area (Å²) < 4.78 is 0. The summed E-state index contributed by atoms with van der Waals surface area (Å²) >= 11 is 1.56. The summed E-state index contributed by atoms with van der Waals surface area (Å²) in [4.78, 5) is 24.5. The number of anilines is 1. The van der Waals surface area contributed by atoms with Gasteiger partial charge in [0.05, 0.1) is 23.2 Å². The van der Waals surface area contributed by atoms with Crippen LogP contribution in [0.4, 0.5) is 5.69 Å². The van der Waals surface area contributed by atoms with Gasteiger partial charge in [-0.2, -0.15) is 5.26 Å². The molecule has 3 heterocycles. The molecule has 162 valence electrons. The van der Waals surface area contributed by atoms with Gasteiger partial charge in [-0.25, -0.2) is 4.99 Å². The molecule has 2 atom stereocenters. The van der Waals surface area contributed by atoms with E-state index in [1.54, 1.807) is 36.8 Å². The number of pyridine rings is 1. The van der Waals surface area contributed by atoms with Gasteiger partial charge >= 0.3 is 0 Å². The minimum atomic E-state index is -0.778. The standard InChI is InChI=1S/C24H24N6OS/c1-24(21-12-18(15-32-21)17-6-3-5-16(11-17)13-25)20(22(31)30(2)23(26)29-24)8-10-28-19-7-4-9-27-14-19/h3-7,9,11-12,14-15,20,28H,8,10H2,1-2H3,(H2,26,29)/t20?,24-/m1/s1. The molecule has 0 bridgehead atoms. The Bertz CT molecular complexity index is 1200. The summed E-state index contributed by atoms with van der Waals surface area (Å²) in [6.07, 6.45) is 4.06. The highest BCUT2D eigenvalue weighted by Gasteiger charge is 2.46. The lowest BCUT2D eigenvalue weighted by molar-refractivity contribution is -0.134. The number of aliphatic imine (C=N–C) groups is 1. The number of hydrogen-bond donors (Lipinski definition) is 2. The van der Waals surface area contributed by atoms with Crippen LogP contribution in [-0.4, -0.2) is 35.3 Å². The summed E-state index contributed by atoms with van der Waals surface area (Å²) in [7, 11) is 1.66. The van der Waals surface area contributed by atoms with Crippen molar-refractivity contribution in [2.75, 3.05) is 18.9 Å². The molecule has 0 saturated carbocycles. The summed E-state index contributed by atoms with van der Waals surface area (Å²) in [5.74, 6) is -0.203. The summed E-state index contributed by atoms with van der Waals surface area (Å²) in [5, 5.41) is 14.6. The van der Waals surface area contributed by atoms with Crippen LogP contribution < -0.4 is 11.1 Å². The zero-order valence-corrected chi connectivity index (χ0v) is 18.8. The molecule has 1 aliphatic heterocycles. The first-order valence-corrected chi connectivity index (χ1v) is 11.2. The number of amides is 1. The zero-order chi connectivity index (χ0) is 22.7. The number of guanidine groups is 1. The number of rotatable bonds is 6. The Kier molecular flexibility index (Phi) is 5.93. The number of nitrogens with two attached hydrogens (primary N) is 1. The second kappa shape index (κ2) is 8.81. The van der Waals surface area contributed by atoms with Crippen LogP contribution in [0.25, 0.3) is 11.1 Å². The third-order valence-electron chi connectivity index (χ3n) is 5.84. The van der Waals surface area contributed by atoms with Gasteiger partial charge < -0.3 is 11.1 Å². The molecule has 8 heteroatoms. The molecule has 0 saturated heterocycles. The molecular weight excluding hydrogens is 420 g/mol. The normalized spacial score (nSPS) is 20.5. The van der Waals surface area contributed by atoms with Crippen LogP contribution in [-0.2, 0) is 10.3 Å². The highest BCUT2D eigenvalue weighted by atomic mass is 32.1. The van der Waals surface area contributed by atoms with Crippen molar-refractivity contribution in [2.24, 2.45) is 16.6 Å². The van der Waals surface area contributed by atoms with Crippen LogP contribution in [0.5, 0.6) is 0 Å². The van der Waals surface area contributed by atoms with Gasteiger partial charge in [-0.15, -0.1) is 11.3 Å². The number of thiophene rings is 1. The Balaban J connectivity index is 1.63. The molecule has 3 aromatic rings. The summed E-state index contributed by atoms with van der Waals surface area (Å²) in [6.45, 7) is 2.57. The number of carbonyl (C=O) groups excluding carboxylic acids is 1. The quantitative estimate of drug-likeness (QED) is 0.601. The van der Waals surface area contributed by atoms with E-state index in [1.165, 1.54) is 4.90 Å². The third kappa shape index (κ3) is 4.07. The number of nitrogens with one attached hydrogen (secondary N) is 1. The summed E-state index contributed by atoms with van der Waals surface area (Å²) in [6, 6.07) is 15.5. The fourth-order valence-corrected chi connectivity index (χ4v) is 5.04. The van der Waals surface area contributed by atoms with Crippen LogP contribution in [0.1, 0.15) is 23.8 Å². The molecule has 1 aliphatic rings. The molecule has 7 nitrogen and oxygen atoms in total. The number of hydrogen-bond acceptors (Lipinski definition) is 7. The van der Waals surface area contributed by atoms with E-state index in [4.69, 9.17) is 10.7 Å². The van der Waals surface area contributed by atoms with Crippen molar-refractivity contribution in [3.05, 3.63) is 70.7 Å². The van der Waals surface area contributed by atoms with Crippen molar-refractivity contribution in [2.45, 2.75) is 18.9 Å². The first-order valence-electron chi connectivity index (χ1n) is 10.3. The monoisotopic (exact) mass is 444 g/mol. The predicted molar refractivity (Wildman–Crippen MR) is 127 cm³/mol. The van der Waals surface area contributed by atoms with Gasteiger partial charge in [0.15, 0.2) is 5.96 Å². The maximum Gasteiger partial charge on any atom is 0.235 e. The van der Waals surface area contributed by atoms with Crippen molar-refractivity contribution in [3.63, 3.8) is 0 Å². The number of nitrogens with zero attached hydrogens (tertiary/aromatic N) is 4. The van der Waals surface area contributed by atoms with Crippen LogP contribution in [0.3, 0.4) is 0 Å². The number of nitriles is 1. The molecule has 2 aromatic heterocycles. The molecule has 0 radical (unpaired) electrons. The van der Waals surface area contributed by atoms with E-state index in [-0.39, 0.29) is 17.8 Å². The molecule has 1 unspecified atom stereocenters. The average molecular weight is 445 g/mol. The number of carbonyl (C=O) groups is 1.